The molecule has 2 fully saturated rings. The normalized spacial score (nSPS) is 16.7. The highest BCUT2D eigenvalue weighted by Gasteiger charge is 2.26. The van der Waals surface area contributed by atoms with Crippen molar-refractivity contribution in [1.29, 1.82) is 0 Å². The molecular formula is C27H28ClN3O4. The van der Waals surface area contributed by atoms with Gasteiger partial charge >= 0.3 is 5.97 Å². The second kappa shape index (κ2) is 10.2. The Hall–Kier alpha value is -3.19. The molecule has 1 aromatic carbocycles. The average Bonchev–Trinajstić information content (AvgIpc) is 3.34. The van der Waals surface area contributed by atoms with E-state index < -0.39 is 5.97 Å². The van der Waals surface area contributed by atoms with Gasteiger partial charge in [-0.1, -0.05) is 53.9 Å². The Balaban J connectivity index is 1.38. The van der Waals surface area contributed by atoms with E-state index >= 15 is 0 Å². The van der Waals surface area contributed by atoms with Crippen LogP contribution >= 0.6 is 11.6 Å². The molecule has 0 amide bonds. The Kier molecular flexibility index (Phi) is 6.86. The van der Waals surface area contributed by atoms with Gasteiger partial charge in [-0.05, 0) is 67.2 Å². The van der Waals surface area contributed by atoms with Crippen molar-refractivity contribution in [1.82, 2.24) is 15.1 Å². The number of hydrogen-bond acceptors (Lipinski definition) is 5. The van der Waals surface area contributed by atoms with Crippen LogP contribution in [0, 0.1) is 5.92 Å². The van der Waals surface area contributed by atoms with E-state index in [2.05, 4.69) is 21.2 Å². The number of aromatic nitrogens is 3. The van der Waals surface area contributed by atoms with Gasteiger partial charge in [-0.2, -0.15) is 4.98 Å². The van der Waals surface area contributed by atoms with Crippen LogP contribution in [-0.4, -0.2) is 26.2 Å². The maximum Gasteiger partial charge on any atom is 0.312 e. The van der Waals surface area contributed by atoms with E-state index in [0.29, 0.717) is 35.5 Å². The number of carboxylic acid groups (broad SMARTS) is 1. The summed E-state index contributed by atoms with van der Waals surface area (Å²) in [5.74, 6) is 0.439. The Morgan fingerprint density at radius 1 is 1.14 bits per heavy atom. The minimum Gasteiger partial charge on any atom is -0.481 e. The van der Waals surface area contributed by atoms with Crippen molar-refractivity contribution >= 4 is 23.1 Å². The van der Waals surface area contributed by atoms with Crippen molar-refractivity contribution < 1.29 is 14.4 Å². The number of aliphatic carboxylic acids is 1. The van der Waals surface area contributed by atoms with Gasteiger partial charge in [0.15, 0.2) is 5.82 Å². The molecule has 0 spiro atoms. The molecule has 3 aromatic rings. The first-order valence-electron chi connectivity index (χ1n) is 12.2. The summed E-state index contributed by atoms with van der Waals surface area (Å²) in [7, 11) is 0. The zero-order chi connectivity index (χ0) is 24.4. The van der Waals surface area contributed by atoms with Crippen LogP contribution in [0.25, 0.3) is 5.57 Å². The molecule has 7 nitrogen and oxygen atoms in total. The number of carboxylic acids is 1. The van der Waals surface area contributed by atoms with E-state index in [1.54, 1.807) is 0 Å². The van der Waals surface area contributed by atoms with Crippen molar-refractivity contribution in [2.75, 3.05) is 0 Å². The van der Waals surface area contributed by atoms with Gasteiger partial charge in [0.05, 0.1) is 0 Å². The van der Waals surface area contributed by atoms with Gasteiger partial charge in [0, 0.05) is 28.3 Å². The molecule has 0 unspecified atom stereocenters. The molecule has 182 valence electrons. The van der Waals surface area contributed by atoms with E-state index in [1.807, 2.05) is 30.3 Å². The fourth-order valence-electron chi connectivity index (χ4n) is 4.82. The number of carbonyl (C=O) groups is 1. The van der Waals surface area contributed by atoms with Gasteiger partial charge in [-0.25, -0.2) is 0 Å². The van der Waals surface area contributed by atoms with Crippen molar-refractivity contribution in [3.63, 3.8) is 0 Å². The van der Waals surface area contributed by atoms with Gasteiger partial charge < -0.3 is 14.6 Å². The summed E-state index contributed by atoms with van der Waals surface area (Å²) in [5.41, 5.74) is 4.65. The molecule has 2 aliphatic rings. The lowest BCUT2D eigenvalue weighted by atomic mass is 9.94. The minimum atomic E-state index is -1.01. The smallest absolute Gasteiger partial charge is 0.312 e. The first kappa shape index (κ1) is 23.5. The third-order valence-electron chi connectivity index (χ3n) is 6.84. The van der Waals surface area contributed by atoms with Gasteiger partial charge in [-0.15, -0.1) is 0 Å². The second-order valence-corrected chi connectivity index (χ2v) is 9.94. The van der Waals surface area contributed by atoms with Gasteiger partial charge in [-0.3, -0.25) is 9.59 Å². The fourth-order valence-corrected chi connectivity index (χ4v) is 5.09. The number of pyridine rings is 1. The molecule has 0 saturated heterocycles. The van der Waals surface area contributed by atoms with E-state index in [9.17, 15) is 9.59 Å². The molecule has 2 aromatic heterocycles. The summed E-state index contributed by atoms with van der Waals surface area (Å²) < 4.78 is 4.98. The van der Waals surface area contributed by atoms with E-state index in [0.717, 1.165) is 53.6 Å². The number of allylic oxidation sites excluding steroid dienone is 1. The number of nitrogens with one attached hydrogen (secondary N) is 1. The highest BCUT2D eigenvalue weighted by molar-refractivity contribution is 6.31. The highest BCUT2D eigenvalue weighted by atomic mass is 35.5. The third kappa shape index (κ3) is 5.73. The number of halogens is 1. The summed E-state index contributed by atoms with van der Waals surface area (Å²) in [6.45, 7) is 0. The molecule has 0 bridgehead atoms. The van der Waals surface area contributed by atoms with Crippen LogP contribution in [0.4, 0.5) is 0 Å². The molecule has 35 heavy (non-hydrogen) atoms. The Labute approximate surface area is 208 Å². The Morgan fingerprint density at radius 3 is 2.63 bits per heavy atom. The van der Waals surface area contributed by atoms with Crippen LogP contribution in [-0.2, 0) is 24.1 Å². The molecule has 0 radical (unpaired) electrons. The van der Waals surface area contributed by atoms with E-state index in [1.165, 1.54) is 12.8 Å². The molecule has 8 heteroatoms. The predicted octanol–water partition coefficient (Wildman–Crippen LogP) is 5.32. The summed E-state index contributed by atoms with van der Waals surface area (Å²) >= 11 is 6.68. The van der Waals surface area contributed by atoms with Gasteiger partial charge in [0.2, 0.25) is 5.89 Å². The number of rotatable bonds is 9. The molecule has 5 rings (SSSR count). The molecule has 0 atom stereocenters. The van der Waals surface area contributed by atoms with E-state index in [-0.39, 0.29) is 17.9 Å². The second-order valence-electron chi connectivity index (χ2n) is 9.54. The van der Waals surface area contributed by atoms with Crippen molar-refractivity contribution in [2.45, 2.75) is 63.7 Å². The summed E-state index contributed by atoms with van der Waals surface area (Å²) in [5, 5.41) is 13.3. The highest BCUT2D eigenvalue weighted by Crippen LogP contribution is 2.39. The van der Waals surface area contributed by atoms with Gasteiger partial charge in [0.1, 0.15) is 6.42 Å². The summed E-state index contributed by atoms with van der Waals surface area (Å²) in [6, 6.07) is 10.0. The lowest BCUT2D eigenvalue weighted by molar-refractivity contribution is -0.136. The maximum absolute atomic E-state index is 12.7. The number of benzene rings is 1. The molecule has 2 saturated carbocycles. The number of aromatic amines is 1. The van der Waals surface area contributed by atoms with Crippen LogP contribution in [0.2, 0.25) is 5.02 Å². The van der Waals surface area contributed by atoms with E-state index in [4.69, 9.17) is 21.2 Å². The zero-order valence-electron chi connectivity index (χ0n) is 19.4. The maximum atomic E-state index is 12.7. The summed E-state index contributed by atoms with van der Waals surface area (Å²) in [6.07, 6.45) is 10.1. The van der Waals surface area contributed by atoms with Crippen LogP contribution in [0.5, 0.6) is 0 Å². The van der Waals surface area contributed by atoms with Crippen molar-refractivity contribution in [2.24, 2.45) is 5.92 Å². The minimum absolute atomic E-state index is 0.00687. The SMILES string of the molecule is O=C(O)Cc1nc(CCc2ccc(/C(=C\C3CCCC3)c3ccc(C4CC4)c(=O)[nH]3)cc2Cl)no1. The Morgan fingerprint density at radius 2 is 1.94 bits per heavy atom. The molecule has 2 heterocycles. The van der Waals surface area contributed by atoms with Gasteiger partial charge in [0.25, 0.3) is 5.56 Å². The third-order valence-corrected chi connectivity index (χ3v) is 7.20. The van der Waals surface area contributed by atoms with Crippen LogP contribution in [0.3, 0.4) is 0 Å². The van der Waals surface area contributed by atoms with Crippen molar-refractivity contribution in [3.05, 3.63) is 85.9 Å². The predicted molar refractivity (Wildman–Crippen MR) is 133 cm³/mol. The lowest BCUT2D eigenvalue weighted by Gasteiger charge is -2.14. The average molecular weight is 494 g/mol. The first-order valence-corrected chi connectivity index (χ1v) is 12.6. The molecular weight excluding hydrogens is 466 g/mol. The quantitative estimate of drug-likeness (QED) is 0.417. The largest absolute Gasteiger partial charge is 0.481 e. The monoisotopic (exact) mass is 493 g/mol. The first-order chi connectivity index (χ1) is 17.0. The molecule has 2 N–H and O–H groups in total. The Bertz CT molecular complexity index is 1320. The molecule has 2 aliphatic carbocycles. The van der Waals surface area contributed by atoms with Crippen LogP contribution in [0.1, 0.15) is 78.5 Å². The summed E-state index contributed by atoms with van der Waals surface area (Å²) in [4.78, 5) is 30.8. The lowest BCUT2D eigenvalue weighted by Crippen LogP contribution is -2.13. The van der Waals surface area contributed by atoms with Crippen molar-refractivity contribution in [3.8, 4) is 0 Å². The number of hydrogen-bond donors (Lipinski definition) is 2. The topological polar surface area (TPSA) is 109 Å². The zero-order valence-corrected chi connectivity index (χ0v) is 20.2. The number of nitrogens with zero attached hydrogens (tertiary/aromatic N) is 2. The standard InChI is InChI=1S/C27H28ClN3O4/c28-22-14-19(8-7-18(22)9-12-24-30-25(35-31-24)15-26(32)33)21(13-16-3-1-2-4-16)23-11-10-20(17-5-6-17)27(34)29-23/h7-8,10-11,13-14,16-17H,1-6,9,12,15H2,(H,29,34)(H,32,33)/b21-13+. The fraction of sp³-hybridized carbons (Fsp3) is 0.407. The van der Waals surface area contributed by atoms with Crippen LogP contribution < -0.4 is 5.56 Å². The number of aryl methyl sites for hydroxylation is 2. The number of H-pyrrole nitrogens is 1. The van der Waals surface area contributed by atoms with Crippen LogP contribution in [0.15, 0.2) is 45.7 Å². The molecule has 0 aliphatic heterocycles.